The Labute approximate surface area is 175 Å². The SMILES string of the molecule is COc1ccc(Cl)cc1NC(=O)C(C)N1CCN(S(=O)(=O)c2cccnc2)CC1. The Bertz CT molecular complexity index is 963. The molecule has 0 aliphatic carbocycles. The van der Waals surface area contributed by atoms with Crippen molar-refractivity contribution in [2.45, 2.75) is 17.9 Å². The summed E-state index contributed by atoms with van der Waals surface area (Å²) >= 11 is 6.01. The van der Waals surface area contributed by atoms with Gasteiger partial charge in [0.1, 0.15) is 10.6 Å². The summed E-state index contributed by atoms with van der Waals surface area (Å²) in [5.74, 6) is 0.302. The number of nitrogens with zero attached hydrogens (tertiary/aromatic N) is 3. The van der Waals surface area contributed by atoms with E-state index >= 15 is 0 Å². The maximum atomic E-state index is 12.7. The molecular weight excluding hydrogens is 416 g/mol. The molecule has 0 bridgehead atoms. The Morgan fingerprint density at radius 3 is 2.59 bits per heavy atom. The van der Waals surface area contributed by atoms with E-state index in [0.717, 1.165) is 0 Å². The standard InChI is InChI=1S/C19H23ClN4O4S/c1-14(19(25)22-17-12-15(20)5-6-18(17)28-2)23-8-10-24(11-9-23)29(26,27)16-4-3-7-21-13-16/h3-7,12-14H,8-11H2,1-2H3,(H,22,25). The Morgan fingerprint density at radius 2 is 1.97 bits per heavy atom. The summed E-state index contributed by atoms with van der Waals surface area (Å²) in [6, 6.07) is 7.68. The number of carbonyl (C=O) groups is 1. The largest absolute Gasteiger partial charge is 0.495 e. The number of sulfonamides is 1. The highest BCUT2D eigenvalue weighted by Gasteiger charge is 2.32. The molecule has 29 heavy (non-hydrogen) atoms. The van der Waals surface area contributed by atoms with Gasteiger partial charge in [-0.15, -0.1) is 0 Å². The monoisotopic (exact) mass is 438 g/mol. The Hall–Kier alpha value is -2.20. The molecule has 1 aromatic heterocycles. The van der Waals surface area contributed by atoms with E-state index in [4.69, 9.17) is 16.3 Å². The number of rotatable bonds is 6. The molecule has 3 rings (SSSR count). The average Bonchev–Trinajstić information content (AvgIpc) is 2.74. The number of piperazine rings is 1. The molecule has 2 aromatic rings. The number of hydrogen-bond acceptors (Lipinski definition) is 6. The maximum Gasteiger partial charge on any atom is 0.244 e. The fourth-order valence-corrected chi connectivity index (χ4v) is 4.72. The number of anilines is 1. The first-order valence-corrected chi connectivity index (χ1v) is 10.9. The fourth-order valence-electron chi connectivity index (χ4n) is 3.16. The van der Waals surface area contributed by atoms with E-state index < -0.39 is 16.1 Å². The van der Waals surface area contributed by atoms with Crippen molar-refractivity contribution >= 4 is 33.2 Å². The lowest BCUT2D eigenvalue weighted by atomic mass is 10.2. The predicted molar refractivity (Wildman–Crippen MR) is 111 cm³/mol. The van der Waals surface area contributed by atoms with Gasteiger partial charge < -0.3 is 10.1 Å². The summed E-state index contributed by atoms with van der Waals surface area (Å²) in [6.07, 6.45) is 2.88. The van der Waals surface area contributed by atoms with Crippen molar-refractivity contribution in [3.05, 3.63) is 47.7 Å². The van der Waals surface area contributed by atoms with Gasteiger partial charge in [0.15, 0.2) is 0 Å². The van der Waals surface area contributed by atoms with Gasteiger partial charge in [0, 0.05) is 43.6 Å². The van der Waals surface area contributed by atoms with Crippen LogP contribution in [0, 0.1) is 0 Å². The van der Waals surface area contributed by atoms with E-state index in [9.17, 15) is 13.2 Å². The molecule has 1 aliphatic rings. The zero-order chi connectivity index (χ0) is 21.0. The molecular formula is C19H23ClN4O4S. The summed E-state index contributed by atoms with van der Waals surface area (Å²) in [7, 11) is -2.06. The van der Waals surface area contributed by atoms with Gasteiger partial charge >= 0.3 is 0 Å². The van der Waals surface area contributed by atoms with Gasteiger partial charge in [-0.1, -0.05) is 11.6 Å². The minimum absolute atomic E-state index is 0.173. The zero-order valence-corrected chi connectivity index (χ0v) is 17.8. The first kappa shape index (κ1) is 21.5. The quantitative estimate of drug-likeness (QED) is 0.742. The van der Waals surface area contributed by atoms with Gasteiger partial charge in [0.2, 0.25) is 15.9 Å². The van der Waals surface area contributed by atoms with Crippen molar-refractivity contribution in [3.63, 3.8) is 0 Å². The van der Waals surface area contributed by atoms with Crippen LogP contribution in [0.15, 0.2) is 47.6 Å². The fraction of sp³-hybridized carbons (Fsp3) is 0.368. The second-order valence-electron chi connectivity index (χ2n) is 6.64. The maximum absolute atomic E-state index is 12.7. The van der Waals surface area contributed by atoms with Crippen LogP contribution < -0.4 is 10.1 Å². The number of halogens is 1. The average molecular weight is 439 g/mol. The number of amides is 1. The molecule has 1 amide bonds. The number of benzene rings is 1. The van der Waals surface area contributed by atoms with E-state index in [0.29, 0.717) is 42.6 Å². The van der Waals surface area contributed by atoms with Crippen LogP contribution in [0.1, 0.15) is 6.92 Å². The van der Waals surface area contributed by atoms with E-state index in [1.165, 1.54) is 29.9 Å². The number of nitrogens with one attached hydrogen (secondary N) is 1. The molecule has 1 N–H and O–H groups in total. The number of hydrogen-bond donors (Lipinski definition) is 1. The molecule has 10 heteroatoms. The van der Waals surface area contributed by atoms with Crippen LogP contribution in [0.2, 0.25) is 5.02 Å². The number of pyridine rings is 1. The molecule has 1 saturated heterocycles. The van der Waals surface area contributed by atoms with Crippen molar-refractivity contribution in [1.29, 1.82) is 0 Å². The number of aromatic nitrogens is 1. The highest BCUT2D eigenvalue weighted by Crippen LogP contribution is 2.28. The zero-order valence-electron chi connectivity index (χ0n) is 16.2. The summed E-state index contributed by atoms with van der Waals surface area (Å²) in [6.45, 7) is 3.28. The topological polar surface area (TPSA) is 91.8 Å². The second kappa shape index (κ2) is 9.08. The molecule has 1 atom stereocenters. The van der Waals surface area contributed by atoms with E-state index in [-0.39, 0.29) is 10.8 Å². The molecule has 0 spiro atoms. The number of methoxy groups -OCH3 is 1. The van der Waals surface area contributed by atoms with Gasteiger partial charge in [-0.2, -0.15) is 4.31 Å². The Morgan fingerprint density at radius 1 is 1.24 bits per heavy atom. The van der Waals surface area contributed by atoms with E-state index in [1.807, 2.05) is 4.90 Å². The molecule has 1 fully saturated rings. The molecule has 0 saturated carbocycles. The van der Waals surface area contributed by atoms with Gasteiger partial charge in [-0.05, 0) is 37.3 Å². The third-order valence-corrected chi connectivity index (χ3v) is 7.01. The first-order valence-electron chi connectivity index (χ1n) is 9.11. The van der Waals surface area contributed by atoms with Crippen LogP contribution in [0.5, 0.6) is 5.75 Å². The summed E-state index contributed by atoms with van der Waals surface area (Å²) in [5, 5.41) is 3.33. The normalized spacial score (nSPS) is 16.9. The third kappa shape index (κ3) is 4.87. The van der Waals surface area contributed by atoms with Crippen molar-refractivity contribution in [2.75, 3.05) is 38.6 Å². The Balaban J connectivity index is 1.62. The van der Waals surface area contributed by atoms with Crippen LogP contribution in [-0.4, -0.2) is 67.8 Å². The predicted octanol–water partition coefficient (Wildman–Crippen LogP) is 2.08. The molecule has 0 radical (unpaired) electrons. The number of ether oxygens (including phenoxy) is 1. The minimum Gasteiger partial charge on any atom is -0.495 e. The summed E-state index contributed by atoms with van der Waals surface area (Å²) in [5.41, 5.74) is 0.495. The van der Waals surface area contributed by atoms with Crippen molar-refractivity contribution in [3.8, 4) is 5.75 Å². The summed E-state index contributed by atoms with van der Waals surface area (Å²) < 4.78 is 32.1. The van der Waals surface area contributed by atoms with Crippen molar-refractivity contribution < 1.29 is 17.9 Å². The van der Waals surface area contributed by atoms with Gasteiger partial charge in [-0.3, -0.25) is 14.7 Å². The van der Waals surface area contributed by atoms with Crippen LogP contribution in [-0.2, 0) is 14.8 Å². The summed E-state index contributed by atoms with van der Waals surface area (Å²) in [4.78, 5) is 18.7. The van der Waals surface area contributed by atoms with Gasteiger partial charge in [-0.25, -0.2) is 8.42 Å². The highest BCUT2D eigenvalue weighted by atomic mass is 35.5. The van der Waals surface area contributed by atoms with Crippen molar-refractivity contribution in [1.82, 2.24) is 14.2 Å². The van der Waals surface area contributed by atoms with E-state index in [1.54, 1.807) is 31.2 Å². The highest BCUT2D eigenvalue weighted by molar-refractivity contribution is 7.89. The van der Waals surface area contributed by atoms with Crippen LogP contribution in [0.25, 0.3) is 0 Å². The lowest BCUT2D eigenvalue weighted by Gasteiger charge is -2.36. The molecule has 1 aromatic carbocycles. The lowest BCUT2D eigenvalue weighted by Crippen LogP contribution is -2.53. The molecule has 156 valence electrons. The first-order chi connectivity index (χ1) is 13.8. The van der Waals surface area contributed by atoms with Crippen molar-refractivity contribution in [2.24, 2.45) is 0 Å². The second-order valence-corrected chi connectivity index (χ2v) is 9.01. The Kier molecular flexibility index (Phi) is 6.74. The minimum atomic E-state index is -3.58. The number of carbonyl (C=O) groups excluding carboxylic acids is 1. The van der Waals surface area contributed by atoms with Crippen LogP contribution in [0.3, 0.4) is 0 Å². The molecule has 2 heterocycles. The van der Waals surface area contributed by atoms with Gasteiger partial charge in [0.05, 0.1) is 18.8 Å². The van der Waals surface area contributed by atoms with E-state index in [2.05, 4.69) is 10.3 Å². The van der Waals surface area contributed by atoms with Crippen LogP contribution in [0.4, 0.5) is 5.69 Å². The lowest BCUT2D eigenvalue weighted by molar-refractivity contribution is -0.121. The molecule has 1 unspecified atom stereocenters. The van der Waals surface area contributed by atoms with Crippen LogP contribution >= 0.6 is 11.6 Å². The molecule has 1 aliphatic heterocycles. The molecule has 8 nitrogen and oxygen atoms in total. The van der Waals surface area contributed by atoms with Gasteiger partial charge in [0.25, 0.3) is 0 Å². The third-order valence-electron chi connectivity index (χ3n) is 4.89. The smallest absolute Gasteiger partial charge is 0.244 e.